The minimum Gasteiger partial charge on any atom is -0.493 e. The maximum atomic E-state index is 12.8. The molecule has 1 amide bonds. The number of nitrogens with one attached hydrogen (secondary N) is 1. The number of hydrogen-bond donors (Lipinski definition) is 1. The van der Waals surface area contributed by atoms with Crippen molar-refractivity contribution in [2.45, 2.75) is 20.3 Å². The predicted molar refractivity (Wildman–Crippen MR) is 123 cm³/mol. The van der Waals surface area contributed by atoms with Crippen molar-refractivity contribution in [3.05, 3.63) is 76.8 Å². The Kier molecular flexibility index (Phi) is 7.11. The van der Waals surface area contributed by atoms with Gasteiger partial charge < -0.3 is 10.1 Å². The van der Waals surface area contributed by atoms with Gasteiger partial charge in [-0.05, 0) is 48.1 Å². The maximum absolute atomic E-state index is 12.8. The molecule has 0 bridgehead atoms. The Bertz CT molecular complexity index is 1120. The lowest BCUT2D eigenvalue weighted by atomic mass is 10.1. The summed E-state index contributed by atoms with van der Waals surface area (Å²) in [6, 6.07) is 20.6. The Labute approximate surface area is 181 Å². The van der Waals surface area contributed by atoms with Crippen LogP contribution in [0, 0.1) is 17.2 Å². The predicted octanol–water partition coefficient (Wildman–Crippen LogP) is 6.46. The van der Waals surface area contributed by atoms with E-state index in [9.17, 15) is 10.1 Å². The quantitative estimate of drug-likeness (QED) is 0.353. The lowest BCUT2D eigenvalue weighted by Gasteiger charge is -2.12. The number of carbonyl (C=O) groups is 1. The van der Waals surface area contributed by atoms with Crippen LogP contribution >= 0.6 is 11.6 Å². The van der Waals surface area contributed by atoms with E-state index in [0.717, 1.165) is 17.2 Å². The van der Waals surface area contributed by atoms with Gasteiger partial charge in [0.25, 0.3) is 5.91 Å². The van der Waals surface area contributed by atoms with Gasteiger partial charge >= 0.3 is 0 Å². The molecular formula is C25H23ClN2O2. The van der Waals surface area contributed by atoms with Crippen LogP contribution in [0.4, 0.5) is 5.69 Å². The Hall–Kier alpha value is -3.29. The van der Waals surface area contributed by atoms with Crippen molar-refractivity contribution in [1.82, 2.24) is 0 Å². The lowest BCUT2D eigenvalue weighted by Crippen LogP contribution is -2.13. The number of anilines is 1. The number of benzene rings is 3. The molecule has 3 aromatic rings. The fourth-order valence-corrected chi connectivity index (χ4v) is 3.18. The number of nitrogens with zero attached hydrogens (tertiary/aromatic N) is 1. The number of halogens is 1. The van der Waals surface area contributed by atoms with Crippen LogP contribution < -0.4 is 10.1 Å². The number of hydrogen-bond acceptors (Lipinski definition) is 3. The van der Waals surface area contributed by atoms with Crippen LogP contribution in [-0.4, -0.2) is 12.5 Å². The van der Waals surface area contributed by atoms with Gasteiger partial charge in [-0.1, -0.05) is 61.8 Å². The molecule has 0 spiro atoms. The lowest BCUT2D eigenvalue weighted by molar-refractivity contribution is -0.112. The summed E-state index contributed by atoms with van der Waals surface area (Å²) in [5.41, 5.74) is 1.22. The molecule has 0 radical (unpaired) electrons. The van der Waals surface area contributed by atoms with E-state index in [4.69, 9.17) is 16.3 Å². The molecule has 1 N–H and O–H groups in total. The topological polar surface area (TPSA) is 62.1 Å². The van der Waals surface area contributed by atoms with E-state index in [1.807, 2.05) is 48.5 Å². The summed E-state index contributed by atoms with van der Waals surface area (Å²) < 4.78 is 5.86. The van der Waals surface area contributed by atoms with Crippen LogP contribution in [0.2, 0.25) is 5.02 Å². The van der Waals surface area contributed by atoms with Gasteiger partial charge in [0.2, 0.25) is 0 Å². The summed E-state index contributed by atoms with van der Waals surface area (Å²) in [6.45, 7) is 4.79. The van der Waals surface area contributed by atoms with E-state index in [0.29, 0.717) is 34.5 Å². The maximum Gasteiger partial charge on any atom is 0.266 e. The SMILES string of the molecule is CC(C)CCOc1ccc(Cl)cc1/C=C(\C#N)C(=O)Nc1cccc2ccccc12. The molecule has 0 aliphatic carbocycles. The molecule has 0 saturated heterocycles. The first kappa shape index (κ1) is 21.4. The molecule has 4 nitrogen and oxygen atoms in total. The van der Waals surface area contributed by atoms with Gasteiger partial charge in [-0.15, -0.1) is 0 Å². The molecule has 0 atom stereocenters. The zero-order chi connectivity index (χ0) is 21.5. The molecule has 0 heterocycles. The summed E-state index contributed by atoms with van der Waals surface area (Å²) in [7, 11) is 0. The van der Waals surface area contributed by atoms with Gasteiger partial charge in [0.05, 0.1) is 6.61 Å². The summed E-state index contributed by atoms with van der Waals surface area (Å²) in [6.07, 6.45) is 2.41. The van der Waals surface area contributed by atoms with E-state index in [1.54, 1.807) is 18.2 Å². The van der Waals surface area contributed by atoms with E-state index in [-0.39, 0.29) is 5.57 Å². The highest BCUT2D eigenvalue weighted by molar-refractivity contribution is 6.30. The van der Waals surface area contributed by atoms with Gasteiger partial charge in [0.15, 0.2) is 0 Å². The fraction of sp³-hybridized carbons (Fsp3) is 0.200. The van der Waals surface area contributed by atoms with Crippen molar-refractivity contribution >= 4 is 40.0 Å². The second-order valence-corrected chi connectivity index (χ2v) is 7.80. The van der Waals surface area contributed by atoms with E-state index in [1.165, 1.54) is 6.08 Å². The number of rotatable bonds is 7. The highest BCUT2D eigenvalue weighted by atomic mass is 35.5. The minimum atomic E-state index is -0.484. The van der Waals surface area contributed by atoms with Crippen LogP contribution in [-0.2, 0) is 4.79 Å². The smallest absolute Gasteiger partial charge is 0.266 e. The first-order valence-corrected chi connectivity index (χ1v) is 10.2. The molecule has 0 saturated carbocycles. The normalized spacial score (nSPS) is 11.4. The number of ether oxygens (including phenoxy) is 1. The van der Waals surface area contributed by atoms with Crippen molar-refractivity contribution in [2.24, 2.45) is 5.92 Å². The first-order valence-electron chi connectivity index (χ1n) is 9.81. The fourth-order valence-electron chi connectivity index (χ4n) is 3.00. The van der Waals surface area contributed by atoms with Crippen molar-refractivity contribution in [1.29, 1.82) is 5.26 Å². The number of nitriles is 1. The highest BCUT2D eigenvalue weighted by Gasteiger charge is 2.13. The molecule has 0 aromatic heterocycles. The van der Waals surface area contributed by atoms with Crippen LogP contribution in [0.15, 0.2) is 66.2 Å². The zero-order valence-corrected chi connectivity index (χ0v) is 17.7. The summed E-state index contributed by atoms with van der Waals surface area (Å²) in [5, 5.41) is 14.9. The van der Waals surface area contributed by atoms with E-state index >= 15 is 0 Å². The minimum absolute atomic E-state index is 0.0288. The third-order valence-electron chi connectivity index (χ3n) is 4.63. The Morgan fingerprint density at radius 1 is 1.17 bits per heavy atom. The summed E-state index contributed by atoms with van der Waals surface area (Å²) in [4.78, 5) is 12.8. The monoisotopic (exact) mass is 418 g/mol. The molecule has 0 unspecified atom stereocenters. The van der Waals surface area contributed by atoms with Crippen LogP contribution in [0.3, 0.4) is 0 Å². The van der Waals surface area contributed by atoms with E-state index in [2.05, 4.69) is 19.2 Å². The van der Waals surface area contributed by atoms with Crippen molar-refractivity contribution in [3.63, 3.8) is 0 Å². The van der Waals surface area contributed by atoms with Crippen LogP contribution in [0.25, 0.3) is 16.8 Å². The van der Waals surface area contributed by atoms with Gasteiger partial charge in [0.1, 0.15) is 17.4 Å². The average molecular weight is 419 g/mol. The first-order chi connectivity index (χ1) is 14.5. The number of fused-ring (bicyclic) bond motifs is 1. The molecule has 152 valence electrons. The summed E-state index contributed by atoms with van der Waals surface area (Å²) >= 11 is 6.13. The number of amides is 1. The zero-order valence-electron chi connectivity index (χ0n) is 17.0. The van der Waals surface area contributed by atoms with Crippen molar-refractivity contribution in [2.75, 3.05) is 11.9 Å². The average Bonchev–Trinajstić information content (AvgIpc) is 2.73. The molecular weight excluding hydrogens is 396 g/mol. The molecule has 0 aliphatic rings. The Morgan fingerprint density at radius 2 is 1.93 bits per heavy atom. The van der Waals surface area contributed by atoms with Gasteiger partial charge in [-0.3, -0.25) is 4.79 Å². The van der Waals surface area contributed by atoms with Gasteiger partial charge in [-0.2, -0.15) is 5.26 Å². The third kappa shape index (κ3) is 5.40. The largest absolute Gasteiger partial charge is 0.493 e. The Balaban J connectivity index is 1.87. The van der Waals surface area contributed by atoms with Gasteiger partial charge in [-0.25, -0.2) is 0 Å². The molecule has 3 aromatic carbocycles. The Morgan fingerprint density at radius 3 is 2.70 bits per heavy atom. The molecule has 5 heteroatoms. The van der Waals surface area contributed by atoms with Crippen molar-refractivity contribution < 1.29 is 9.53 Å². The molecule has 3 rings (SSSR count). The standard InChI is InChI=1S/C25H23ClN2O2/c1-17(2)12-13-30-24-11-10-21(26)15-19(24)14-20(16-27)25(29)28-23-9-5-7-18-6-3-4-8-22(18)23/h3-11,14-15,17H,12-13H2,1-2H3,(H,28,29)/b20-14+. The molecule has 30 heavy (non-hydrogen) atoms. The van der Waals surface area contributed by atoms with E-state index < -0.39 is 5.91 Å². The second kappa shape index (κ2) is 9.96. The third-order valence-corrected chi connectivity index (χ3v) is 4.86. The molecule has 0 aliphatic heterocycles. The van der Waals surface area contributed by atoms with Crippen molar-refractivity contribution in [3.8, 4) is 11.8 Å². The van der Waals surface area contributed by atoms with Crippen LogP contribution in [0.5, 0.6) is 5.75 Å². The molecule has 0 fully saturated rings. The number of carbonyl (C=O) groups excluding carboxylic acids is 1. The second-order valence-electron chi connectivity index (χ2n) is 7.36. The highest BCUT2D eigenvalue weighted by Crippen LogP contribution is 2.27. The van der Waals surface area contributed by atoms with Crippen LogP contribution in [0.1, 0.15) is 25.8 Å². The summed E-state index contributed by atoms with van der Waals surface area (Å²) in [5.74, 6) is 0.616. The van der Waals surface area contributed by atoms with Gasteiger partial charge in [0, 0.05) is 21.7 Å².